The summed E-state index contributed by atoms with van der Waals surface area (Å²) in [7, 11) is 1.61. The van der Waals surface area contributed by atoms with Gasteiger partial charge in [0.25, 0.3) is 5.91 Å². The second kappa shape index (κ2) is 5.87. The Kier molecular flexibility index (Phi) is 4.19. The third kappa shape index (κ3) is 2.72. The van der Waals surface area contributed by atoms with Crippen LogP contribution in [0.2, 0.25) is 0 Å². The van der Waals surface area contributed by atoms with E-state index in [0.717, 1.165) is 6.42 Å². The number of carbonyl (C=O) groups excluding carboxylic acids is 1. The first-order chi connectivity index (χ1) is 9.54. The zero-order valence-electron chi connectivity index (χ0n) is 11.1. The van der Waals surface area contributed by atoms with Crippen molar-refractivity contribution in [1.82, 2.24) is 4.90 Å². The van der Waals surface area contributed by atoms with Crippen molar-refractivity contribution < 1.29 is 19.6 Å². The van der Waals surface area contributed by atoms with E-state index in [0.29, 0.717) is 19.7 Å². The second-order valence-electron chi connectivity index (χ2n) is 4.79. The summed E-state index contributed by atoms with van der Waals surface area (Å²) >= 11 is 0. The van der Waals surface area contributed by atoms with E-state index in [9.17, 15) is 20.0 Å². The first-order valence-electron chi connectivity index (χ1n) is 6.29. The van der Waals surface area contributed by atoms with Crippen LogP contribution in [0.15, 0.2) is 18.2 Å². The van der Waals surface area contributed by atoms with Gasteiger partial charge in [0.05, 0.1) is 17.1 Å². The van der Waals surface area contributed by atoms with Gasteiger partial charge in [-0.05, 0) is 12.5 Å². The Labute approximate surface area is 115 Å². The topological polar surface area (TPSA) is 92.9 Å². The summed E-state index contributed by atoms with van der Waals surface area (Å²) < 4.78 is 5.06. The zero-order chi connectivity index (χ0) is 14.7. The Morgan fingerprint density at radius 2 is 2.35 bits per heavy atom. The minimum Gasteiger partial charge on any atom is -0.502 e. The molecule has 1 aromatic carbocycles. The first kappa shape index (κ1) is 14.3. The number of hydrogen-bond donors (Lipinski definition) is 1. The number of para-hydroxylation sites is 1. The highest BCUT2D eigenvalue weighted by Gasteiger charge is 2.30. The van der Waals surface area contributed by atoms with E-state index in [-0.39, 0.29) is 17.4 Å². The number of methoxy groups -OCH3 is 1. The lowest BCUT2D eigenvalue weighted by molar-refractivity contribution is -0.385. The SMILES string of the molecule is COCC1CCN(C(=O)c2cccc([N+](=O)[O-])c2O)C1. The minimum atomic E-state index is -0.705. The molecule has 0 spiro atoms. The van der Waals surface area contributed by atoms with Crippen molar-refractivity contribution in [3.8, 4) is 5.75 Å². The lowest BCUT2D eigenvalue weighted by Gasteiger charge is -2.17. The standard InChI is InChI=1S/C13H16N2O5/c1-20-8-9-5-6-14(7-9)13(17)10-3-2-4-11(12(10)16)15(18)19/h2-4,9,16H,5-8H2,1H3. The molecule has 1 fully saturated rings. The first-order valence-corrected chi connectivity index (χ1v) is 6.29. The van der Waals surface area contributed by atoms with E-state index in [2.05, 4.69) is 0 Å². The number of nitrogens with zero attached hydrogens (tertiary/aromatic N) is 2. The van der Waals surface area contributed by atoms with Gasteiger partial charge >= 0.3 is 5.69 Å². The molecule has 7 heteroatoms. The van der Waals surface area contributed by atoms with Crippen LogP contribution >= 0.6 is 0 Å². The molecule has 20 heavy (non-hydrogen) atoms. The predicted octanol–water partition coefficient (Wildman–Crippen LogP) is 1.41. The molecule has 1 aromatic rings. The van der Waals surface area contributed by atoms with Gasteiger partial charge in [-0.3, -0.25) is 14.9 Å². The van der Waals surface area contributed by atoms with Gasteiger partial charge in [0.1, 0.15) is 0 Å². The van der Waals surface area contributed by atoms with Crippen molar-refractivity contribution in [3.63, 3.8) is 0 Å². The molecule has 2 rings (SSSR count). The summed E-state index contributed by atoms with van der Waals surface area (Å²) in [5.41, 5.74) is -0.485. The maximum Gasteiger partial charge on any atom is 0.311 e. The molecule has 0 aromatic heterocycles. The lowest BCUT2D eigenvalue weighted by atomic mass is 10.1. The van der Waals surface area contributed by atoms with E-state index >= 15 is 0 Å². The molecule has 7 nitrogen and oxygen atoms in total. The van der Waals surface area contributed by atoms with Gasteiger partial charge in [-0.15, -0.1) is 0 Å². The largest absolute Gasteiger partial charge is 0.502 e. The van der Waals surface area contributed by atoms with Crippen LogP contribution in [-0.4, -0.2) is 47.6 Å². The van der Waals surface area contributed by atoms with Crippen LogP contribution in [0, 0.1) is 16.0 Å². The number of nitro benzene ring substituents is 1. The van der Waals surface area contributed by atoms with Gasteiger partial charge in [0.2, 0.25) is 5.75 Å². The predicted molar refractivity (Wildman–Crippen MR) is 70.6 cm³/mol. The van der Waals surface area contributed by atoms with Crippen LogP contribution in [-0.2, 0) is 4.74 Å². The van der Waals surface area contributed by atoms with Gasteiger partial charge in [0, 0.05) is 32.2 Å². The molecule has 1 heterocycles. The molecule has 0 saturated carbocycles. The number of hydrogen-bond acceptors (Lipinski definition) is 5. The van der Waals surface area contributed by atoms with Crippen LogP contribution in [0.5, 0.6) is 5.75 Å². The number of nitro groups is 1. The molecule has 0 aliphatic carbocycles. The van der Waals surface area contributed by atoms with Crippen LogP contribution in [0.25, 0.3) is 0 Å². The average molecular weight is 280 g/mol. The third-order valence-corrected chi connectivity index (χ3v) is 3.42. The molecule has 1 aliphatic heterocycles. The van der Waals surface area contributed by atoms with Crippen molar-refractivity contribution >= 4 is 11.6 Å². The molecule has 1 aliphatic rings. The molecule has 0 bridgehead atoms. The molecular formula is C13H16N2O5. The smallest absolute Gasteiger partial charge is 0.311 e. The van der Waals surface area contributed by atoms with Gasteiger partial charge in [-0.1, -0.05) is 6.07 Å². The summed E-state index contributed by atoms with van der Waals surface area (Å²) in [6, 6.07) is 3.96. The quantitative estimate of drug-likeness (QED) is 0.665. The fourth-order valence-corrected chi connectivity index (χ4v) is 2.41. The lowest BCUT2D eigenvalue weighted by Crippen LogP contribution is -2.29. The third-order valence-electron chi connectivity index (χ3n) is 3.42. The maximum atomic E-state index is 12.3. The number of aromatic hydroxyl groups is 1. The molecule has 1 amide bonds. The molecular weight excluding hydrogens is 264 g/mol. The number of likely N-dealkylation sites (tertiary alicyclic amines) is 1. The Bertz CT molecular complexity index is 531. The van der Waals surface area contributed by atoms with Crippen LogP contribution < -0.4 is 0 Å². The van der Waals surface area contributed by atoms with Crippen molar-refractivity contribution in [2.24, 2.45) is 5.92 Å². The van der Waals surface area contributed by atoms with Crippen LogP contribution in [0.4, 0.5) is 5.69 Å². The van der Waals surface area contributed by atoms with Crippen molar-refractivity contribution in [2.45, 2.75) is 6.42 Å². The van der Waals surface area contributed by atoms with Crippen LogP contribution in [0.1, 0.15) is 16.8 Å². The van der Waals surface area contributed by atoms with E-state index in [4.69, 9.17) is 4.74 Å². The zero-order valence-corrected chi connectivity index (χ0v) is 11.1. The molecule has 1 saturated heterocycles. The Morgan fingerprint density at radius 1 is 1.60 bits per heavy atom. The summed E-state index contributed by atoms with van der Waals surface area (Å²) in [4.78, 5) is 23.9. The minimum absolute atomic E-state index is 0.0303. The van der Waals surface area contributed by atoms with E-state index in [1.54, 1.807) is 12.0 Å². The van der Waals surface area contributed by atoms with Crippen molar-refractivity contribution in [1.29, 1.82) is 0 Å². The maximum absolute atomic E-state index is 12.3. The summed E-state index contributed by atoms with van der Waals surface area (Å²) in [6.07, 6.45) is 0.829. The normalized spacial score (nSPS) is 18.2. The number of carbonyl (C=O) groups is 1. The van der Waals surface area contributed by atoms with Crippen molar-refractivity contribution in [2.75, 3.05) is 26.8 Å². The van der Waals surface area contributed by atoms with Crippen molar-refractivity contribution in [3.05, 3.63) is 33.9 Å². The van der Waals surface area contributed by atoms with E-state index in [1.807, 2.05) is 0 Å². The molecule has 108 valence electrons. The molecule has 1 N–H and O–H groups in total. The Balaban J connectivity index is 2.18. The number of ether oxygens (including phenoxy) is 1. The van der Waals surface area contributed by atoms with Crippen LogP contribution in [0.3, 0.4) is 0 Å². The fraction of sp³-hybridized carbons (Fsp3) is 0.462. The summed E-state index contributed by atoms with van der Waals surface area (Å²) in [5.74, 6) is -0.688. The van der Waals surface area contributed by atoms with Gasteiger partial charge in [0.15, 0.2) is 0 Å². The Hall–Kier alpha value is -2.15. The number of rotatable bonds is 4. The van der Waals surface area contributed by atoms with E-state index in [1.165, 1.54) is 18.2 Å². The fourth-order valence-electron chi connectivity index (χ4n) is 2.41. The van der Waals surface area contributed by atoms with E-state index < -0.39 is 16.4 Å². The number of phenols is 1. The molecule has 1 unspecified atom stereocenters. The van der Waals surface area contributed by atoms with Gasteiger partial charge in [-0.2, -0.15) is 0 Å². The second-order valence-corrected chi connectivity index (χ2v) is 4.79. The summed E-state index contributed by atoms with van der Waals surface area (Å²) in [6.45, 7) is 1.68. The van der Waals surface area contributed by atoms with Gasteiger partial charge < -0.3 is 14.7 Å². The molecule has 1 atom stereocenters. The Morgan fingerprint density at radius 3 is 3.00 bits per heavy atom. The number of phenolic OH excluding ortho intramolecular Hbond substituents is 1. The molecule has 0 radical (unpaired) electrons. The highest BCUT2D eigenvalue weighted by atomic mass is 16.6. The highest BCUT2D eigenvalue weighted by Crippen LogP contribution is 2.31. The number of amides is 1. The number of benzene rings is 1. The van der Waals surface area contributed by atoms with Gasteiger partial charge in [-0.25, -0.2) is 0 Å². The highest BCUT2D eigenvalue weighted by molar-refractivity contribution is 5.98. The average Bonchev–Trinajstić information content (AvgIpc) is 2.87. The summed E-state index contributed by atoms with van der Waals surface area (Å²) in [5, 5.41) is 20.6. The monoisotopic (exact) mass is 280 g/mol.